The van der Waals surface area contributed by atoms with Gasteiger partial charge in [-0.25, -0.2) is 13.4 Å². The van der Waals surface area contributed by atoms with Gasteiger partial charge in [-0.3, -0.25) is 10.1 Å². The standard InChI is InChI=1S/C11H8BrClN2O3S2/c1-6-10(20(13,17)18)19-11(14-6)15-9(16)7-2-4-8(12)5-3-7/h2-5H,1H3,(H,14,15,16). The summed E-state index contributed by atoms with van der Waals surface area (Å²) in [5.74, 6) is -0.371. The average molecular weight is 396 g/mol. The third kappa shape index (κ3) is 3.57. The van der Waals surface area contributed by atoms with Gasteiger partial charge in [0.05, 0.1) is 5.69 Å². The first kappa shape index (κ1) is 15.4. The molecular formula is C11H8BrClN2O3S2. The van der Waals surface area contributed by atoms with Crippen molar-refractivity contribution in [2.24, 2.45) is 0 Å². The number of aryl methyl sites for hydroxylation is 1. The minimum Gasteiger partial charge on any atom is -0.298 e. The van der Waals surface area contributed by atoms with E-state index in [4.69, 9.17) is 10.7 Å². The number of nitrogens with one attached hydrogen (secondary N) is 1. The molecule has 1 aromatic heterocycles. The van der Waals surface area contributed by atoms with Crippen LogP contribution < -0.4 is 5.32 Å². The highest BCUT2D eigenvalue weighted by Gasteiger charge is 2.20. The van der Waals surface area contributed by atoms with E-state index in [0.29, 0.717) is 5.56 Å². The Labute approximate surface area is 132 Å². The third-order valence-corrected chi connectivity index (χ3v) is 6.08. The monoisotopic (exact) mass is 394 g/mol. The van der Waals surface area contributed by atoms with Gasteiger partial charge in [-0.1, -0.05) is 27.3 Å². The number of nitrogens with zero attached hydrogens (tertiary/aromatic N) is 1. The number of carbonyl (C=O) groups is 1. The summed E-state index contributed by atoms with van der Waals surface area (Å²) in [6, 6.07) is 6.74. The first-order chi connectivity index (χ1) is 9.27. The van der Waals surface area contributed by atoms with Crippen LogP contribution in [0.25, 0.3) is 0 Å². The number of anilines is 1. The molecule has 0 saturated heterocycles. The van der Waals surface area contributed by atoms with E-state index in [1.165, 1.54) is 6.92 Å². The summed E-state index contributed by atoms with van der Waals surface area (Å²) in [5, 5.41) is 2.73. The summed E-state index contributed by atoms with van der Waals surface area (Å²) < 4.78 is 23.3. The van der Waals surface area contributed by atoms with Gasteiger partial charge in [0.1, 0.15) is 0 Å². The summed E-state index contributed by atoms with van der Waals surface area (Å²) in [6.07, 6.45) is 0. The van der Waals surface area contributed by atoms with Gasteiger partial charge in [0.15, 0.2) is 9.34 Å². The number of hydrogen-bond acceptors (Lipinski definition) is 5. The van der Waals surface area contributed by atoms with Gasteiger partial charge in [0.25, 0.3) is 15.0 Å². The van der Waals surface area contributed by atoms with Gasteiger partial charge in [0.2, 0.25) is 0 Å². The van der Waals surface area contributed by atoms with Gasteiger partial charge in [-0.2, -0.15) is 0 Å². The van der Waals surface area contributed by atoms with Crippen LogP contribution in [0, 0.1) is 6.92 Å². The quantitative estimate of drug-likeness (QED) is 0.808. The number of amides is 1. The molecule has 0 radical (unpaired) electrons. The van der Waals surface area contributed by atoms with Crippen molar-refractivity contribution in [3.8, 4) is 0 Å². The fourth-order valence-corrected chi connectivity index (χ4v) is 4.04. The van der Waals surface area contributed by atoms with E-state index in [1.54, 1.807) is 24.3 Å². The van der Waals surface area contributed by atoms with Gasteiger partial charge in [-0.05, 0) is 31.2 Å². The zero-order chi connectivity index (χ0) is 14.9. The molecule has 1 amide bonds. The number of benzene rings is 1. The van der Waals surface area contributed by atoms with Crippen molar-refractivity contribution in [3.63, 3.8) is 0 Å². The number of hydrogen-bond donors (Lipinski definition) is 1. The lowest BCUT2D eigenvalue weighted by Crippen LogP contribution is -2.11. The van der Waals surface area contributed by atoms with Crippen LogP contribution in [-0.2, 0) is 9.05 Å². The number of rotatable bonds is 3. The fourth-order valence-electron chi connectivity index (χ4n) is 1.43. The van der Waals surface area contributed by atoms with Crippen molar-refractivity contribution in [3.05, 3.63) is 40.0 Å². The van der Waals surface area contributed by atoms with E-state index in [0.717, 1.165) is 15.8 Å². The molecule has 0 saturated carbocycles. The van der Waals surface area contributed by atoms with Gasteiger partial charge < -0.3 is 0 Å². The molecule has 1 heterocycles. The Balaban J connectivity index is 2.23. The smallest absolute Gasteiger partial charge is 0.272 e. The second-order valence-electron chi connectivity index (χ2n) is 3.79. The lowest BCUT2D eigenvalue weighted by atomic mass is 10.2. The molecule has 1 N–H and O–H groups in total. The zero-order valence-corrected chi connectivity index (χ0v) is 14.0. The molecule has 2 rings (SSSR count). The van der Waals surface area contributed by atoms with Crippen LogP contribution in [0.5, 0.6) is 0 Å². The van der Waals surface area contributed by atoms with Crippen molar-refractivity contribution in [1.82, 2.24) is 4.98 Å². The Morgan fingerprint density at radius 1 is 1.35 bits per heavy atom. The number of aromatic nitrogens is 1. The molecule has 5 nitrogen and oxygen atoms in total. The van der Waals surface area contributed by atoms with E-state index in [9.17, 15) is 13.2 Å². The molecule has 0 aliphatic rings. The highest BCUT2D eigenvalue weighted by atomic mass is 79.9. The molecule has 0 atom stereocenters. The van der Waals surface area contributed by atoms with E-state index in [2.05, 4.69) is 26.2 Å². The van der Waals surface area contributed by atoms with Gasteiger partial charge in [0, 0.05) is 20.7 Å². The second-order valence-corrected chi connectivity index (χ2v) is 8.47. The van der Waals surface area contributed by atoms with Crippen molar-refractivity contribution in [1.29, 1.82) is 0 Å². The molecular weight excluding hydrogens is 388 g/mol. The topological polar surface area (TPSA) is 76.1 Å². The van der Waals surface area contributed by atoms with Crippen molar-refractivity contribution in [2.75, 3.05) is 5.32 Å². The highest BCUT2D eigenvalue weighted by Crippen LogP contribution is 2.29. The van der Waals surface area contributed by atoms with Crippen LogP contribution in [0.4, 0.5) is 5.13 Å². The second kappa shape index (κ2) is 5.80. The molecule has 0 unspecified atom stereocenters. The molecule has 106 valence electrons. The summed E-state index contributed by atoms with van der Waals surface area (Å²) in [6.45, 7) is 1.51. The summed E-state index contributed by atoms with van der Waals surface area (Å²) in [5.41, 5.74) is 0.701. The number of thiazole rings is 1. The van der Waals surface area contributed by atoms with Crippen LogP contribution in [0.15, 0.2) is 32.9 Å². The van der Waals surface area contributed by atoms with Gasteiger partial charge >= 0.3 is 0 Å². The van der Waals surface area contributed by atoms with E-state index in [1.807, 2.05) is 0 Å². The van der Waals surface area contributed by atoms with Crippen LogP contribution in [0.3, 0.4) is 0 Å². The molecule has 20 heavy (non-hydrogen) atoms. The van der Waals surface area contributed by atoms with Crippen molar-refractivity contribution >= 4 is 58.0 Å². The SMILES string of the molecule is Cc1nc(NC(=O)c2ccc(Br)cc2)sc1S(=O)(=O)Cl. The molecule has 0 aliphatic carbocycles. The highest BCUT2D eigenvalue weighted by molar-refractivity contribution is 9.10. The predicted octanol–water partition coefficient (Wildman–Crippen LogP) is 3.39. The lowest BCUT2D eigenvalue weighted by molar-refractivity contribution is 0.102. The lowest BCUT2D eigenvalue weighted by Gasteiger charge is -2.01. The van der Waals surface area contributed by atoms with Crippen molar-refractivity contribution in [2.45, 2.75) is 11.1 Å². The van der Waals surface area contributed by atoms with Gasteiger partial charge in [-0.15, -0.1) is 0 Å². The van der Waals surface area contributed by atoms with Crippen LogP contribution in [-0.4, -0.2) is 19.3 Å². The number of carbonyl (C=O) groups excluding carboxylic acids is 1. The molecule has 0 spiro atoms. The molecule has 0 bridgehead atoms. The van der Waals surface area contributed by atoms with E-state index < -0.39 is 9.05 Å². The largest absolute Gasteiger partial charge is 0.298 e. The van der Waals surface area contributed by atoms with Crippen LogP contribution in [0.1, 0.15) is 16.1 Å². The maximum Gasteiger partial charge on any atom is 0.272 e. The normalized spacial score (nSPS) is 11.3. The summed E-state index contributed by atoms with van der Waals surface area (Å²) in [7, 11) is 1.42. The maximum absolute atomic E-state index is 12.0. The number of halogens is 2. The molecule has 9 heteroatoms. The Morgan fingerprint density at radius 3 is 2.45 bits per heavy atom. The Hall–Kier alpha value is -0.960. The first-order valence-electron chi connectivity index (χ1n) is 5.26. The predicted molar refractivity (Wildman–Crippen MR) is 82.0 cm³/mol. The molecule has 0 fully saturated rings. The Kier molecular flexibility index (Phi) is 4.48. The van der Waals surface area contributed by atoms with Crippen molar-refractivity contribution < 1.29 is 13.2 Å². The zero-order valence-electron chi connectivity index (χ0n) is 10.1. The van der Waals surface area contributed by atoms with Crippen LogP contribution >= 0.6 is 37.9 Å². The Morgan fingerprint density at radius 2 is 1.95 bits per heavy atom. The van der Waals surface area contributed by atoms with E-state index >= 15 is 0 Å². The third-order valence-electron chi connectivity index (χ3n) is 2.30. The maximum atomic E-state index is 12.0. The van der Waals surface area contributed by atoms with E-state index in [-0.39, 0.29) is 20.9 Å². The summed E-state index contributed by atoms with van der Waals surface area (Å²) >= 11 is 4.09. The molecule has 0 aliphatic heterocycles. The minimum atomic E-state index is -3.85. The summed E-state index contributed by atoms with van der Waals surface area (Å²) in [4.78, 5) is 15.9. The minimum absolute atomic E-state index is 0.0646. The first-order valence-corrected chi connectivity index (χ1v) is 9.18. The fraction of sp³-hybridized carbons (Fsp3) is 0.0909. The van der Waals surface area contributed by atoms with Crippen LogP contribution in [0.2, 0.25) is 0 Å². The Bertz CT molecular complexity index is 756. The molecule has 1 aromatic carbocycles. The average Bonchev–Trinajstić information content (AvgIpc) is 2.70. The molecule has 2 aromatic rings.